The van der Waals surface area contributed by atoms with Crippen LogP contribution in [0.5, 0.6) is 0 Å². The number of rotatable bonds is 9. The van der Waals surface area contributed by atoms with E-state index in [-0.39, 0.29) is 18.4 Å². The Hall–Kier alpha value is -5.56. The largest absolute Gasteiger partial charge is 0.480 e. The van der Waals surface area contributed by atoms with E-state index in [1.807, 2.05) is 18.2 Å². The number of hydrogen-bond acceptors (Lipinski definition) is 8. The van der Waals surface area contributed by atoms with Crippen LogP contribution in [-0.2, 0) is 20.9 Å². The number of nitrogens with zero attached hydrogens (tertiary/aromatic N) is 3. The second-order valence-corrected chi connectivity index (χ2v) is 16.0. The van der Waals surface area contributed by atoms with Gasteiger partial charge in [0.05, 0.1) is 4.53 Å². The number of fused-ring (bicyclic) bond motifs is 3. The quantitative estimate of drug-likeness (QED) is 0.132. The number of aliphatic carboxylic acids is 2. The van der Waals surface area contributed by atoms with E-state index in [1.54, 1.807) is 6.08 Å². The molecule has 2 unspecified atom stereocenters. The number of carbonyl (C=O) groups excluding carboxylic acids is 1. The number of carboxylic acids is 2. The summed E-state index contributed by atoms with van der Waals surface area (Å²) in [5.74, 6) is -2.82. The van der Waals surface area contributed by atoms with Gasteiger partial charge in [-0.05, 0) is 82.6 Å². The molecule has 1 saturated carbocycles. The third-order valence-corrected chi connectivity index (χ3v) is 12.7. The van der Waals surface area contributed by atoms with E-state index in [1.165, 1.54) is 5.56 Å². The summed E-state index contributed by atoms with van der Waals surface area (Å²) in [5, 5.41) is 18.9. The molecule has 2 aliphatic heterocycles. The average molecular weight is 772 g/mol. The predicted molar refractivity (Wildman–Crippen MR) is 217 cm³/mol. The van der Waals surface area contributed by atoms with Crippen molar-refractivity contribution in [3.05, 3.63) is 150 Å². The highest BCUT2D eigenvalue weighted by molar-refractivity contribution is 8.30. The summed E-state index contributed by atoms with van der Waals surface area (Å²) in [5.41, 5.74) is 8.26. The van der Waals surface area contributed by atoms with Gasteiger partial charge in [0.15, 0.2) is 0 Å². The Bertz CT molecular complexity index is 2500. The van der Waals surface area contributed by atoms with Gasteiger partial charge in [-0.1, -0.05) is 109 Å². The standard InChI is InChI=1S/C42H33N3O6S3/c46-36(47)23-43-39(50)35(53-41(43)38-40(51)44(24-37(48)49)42(52)54-38)22-26-16-19-34-32(21-26)30-12-7-13-33(30)45(34)29-17-14-25(15-18-29)20-31(27-8-3-1-4-9-27)28-10-5-2-6-11-28/h1-6,8-11,14-22,30,33H,7,12-13,23-24H2,(H,46,47)(H,48,49). The van der Waals surface area contributed by atoms with E-state index in [9.17, 15) is 29.4 Å². The molecule has 12 heteroatoms. The van der Waals surface area contributed by atoms with Crippen molar-refractivity contribution in [2.75, 3.05) is 11.4 Å². The first-order valence-corrected chi connectivity index (χ1v) is 19.5. The number of benzene rings is 4. The molecule has 1 aliphatic carbocycles. The zero-order valence-corrected chi connectivity index (χ0v) is 31.2. The Morgan fingerprint density at radius 3 is 2.11 bits per heavy atom. The lowest BCUT2D eigenvalue weighted by Crippen LogP contribution is -2.36. The maximum atomic E-state index is 13.6. The number of amides is 1. The molecule has 1 amide bonds. The lowest BCUT2D eigenvalue weighted by atomic mass is 9.95. The van der Waals surface area contributed by atoms with Crippen molar-refractivity contribution in [2.45, 2.75) is 37.8 Å². The molecule has 3 heterocycles. The minimum atomic E-state index is -1.24. The number of thiazole rings is 1. The van der Waals surface area contributed by atoms with Crippen molar-refractivity contribution >= 4 is 91.5 Å². The van der Waals surface area contributed by atoms with Crippen LogP contribution in [0.1, 0.15) is 53.0 Å². The fourth-order valence-electron chi connectivity index (χ4n) is 7.68. The highest BCUT2D eigenvalue weighted by Crippen LogP contribution is 2.52. The molecule has 2 fully saturated rings. The highest BCUT2D eigenvalue weighted by Gasteiger charge is 2.42. The fourth-order valence-corrected chi connectivity index (χ4v) is 10.2. The molecule has 2 N–H and O–H groups in total. The Labute approximate surface area is 323 Å². The van der Waals surface area contributed by atoms with Crippen LogP contribution >= 0.6 is 35.3 Å². The smallest absolute Gasteiger partial charge is 0.323 e. The lowest BCUT2D eigenvalue weighted by molar-refractivity contribution is -0.140. The van der Waals surface area contributed by atoms with Crippen LogP contribution in [0, 0.1) is 0 Å². The summed E-state index contributed by atoms with van der Waals surface area (Å²) < 4.78 is 1.49. The lowest BCUT2D eigenvalue weighted by Gasteiger charge is -2.27. The second-order valence-electron chi connectivity index (χ2n) is 13.4. The molecule has 9 nitrogen and oxygen atoms in total. The topological polar surface area (TPSA) is 120 Å². The number of carbonyl (C=O) groups is 3. The monoisotopic (exact) mass is 771 g/mol. The van der Waals surface area contributed by atoms with Gasteiger partial charge in [0.1, 0.15) is 27.0 Å². The van der Waals surface area contributed by atoms with Crippen LogP contribution in [0.25, 0.3) is 22.6 Å². The molecular formula is C42H33N3O6S3. The van der Waals surface area contributed by atoms with Gasteiger partial charge in [-0.25, -0.2) is 0 Å². The van der Waals surface area contributed by atoms with Crippen molar-refractivity contribution in [1.82, 2.24) is 9.47 Å². The molecule has 1 saturated heterocycles. The van der Waals surface area contributed by atoms with Gasteiger partial charge in [0.25, 0.3) is 11.5 Å². The van der Waals surface area contributed by atoms with Crippen molar-refractivity contribution in [3.63, 3.8) is 0 Å². The maximum Gasteiger partial charge on any atom is 0.323 e. The first-order chi connectivity index (χ1) is 26.2. The van der Waals surface area contributed by atoms with Gasteiger partial charge in [0.2, 0.25) is 0 Å². The Morgan fingerprint density at radius 2 is 1.46 bits per heavy atom. The molecule has 0 radical (unpaired) electrons. The van der Waals surface area contributed by atoms with Crippen molar-refractivity contribution in [1.29, 1.82) is 0 Å². The molecule has 3 aliphatic rings. The average Bonchev–Trinajstić information content (AvgIpc) is 3.91. The normalized spacial score (nSPS) is 18.9. The summed E-state index contributed by atoms with van der Waals surface area (Å²) in [4.78, 5) is 53.4. The molecule has 8 rings (SSSR count). The van der Waals surface area contributed by atoms with E-state index in [4.69, 9.17) is 12.2 Å². The van der Waals surface area contributed by atoms with Gasteiger partial charge in [-0.2, -0.15) is 0 Å². The van der Waals surface area contributed by atoms with E-state index in [0.29, 0.717) is 12.0 Å². The van der Waals surface area contributed by atoms with Crippen LogP contribution < -0.4 is 19.7 Å². The van der Waals surface area contributed by atoms with Crippen molar-refractivity contribution in [3.8, 4) is 0 Å². The molecule has 54 heavy (non-hydrogen) atoms. The minimum absolute atomic E-state index is 0.0372. The van der Waals surface area contributed by atoms with Crippen molar-refractivity contribution < 1.29 is 24.6 Å². The first kappa shape index (κ1) is 35.5. The predicted octanol–water partition coefficient (Wildman–Crippen LogP) is 6.25. The number of hydrogen-bond donors (Lipinski definition) is 2. The number of anilines is 2. The van der Waals surface area contributed by atoms with Gasteiger partial charge in [-0.3, -0.25) is 28.6 Å². The highest BCUT2D eigenvalue weighted by atomic mass is 32.2. The van der Waals surface area contributed by atoms with Crippen molar-refractivity contribution in [2.24, 2.45) is 0 Å². The minimum Gasteiger partial charge on any atom is -0.480 e. The van der Waals surface area contributed by atoms with Gasteiger partial charge in [0, 0.05) is 23.3 Å². The molecule has 4 aromatic carbocycles. The number of thiocarbonyl (C=S) groups is 1. The third-order valence-electron chi connectivity index (χ3n) is 10.0. The second kappa shape index (κ2) is 14.7. The van der Waals surface area contributed by atoms with E-state index >= 15 is 0 Å². The Balaban J connectivity index is 1.14. The summed E-state index contributed by atoms with van der Waals surface area (Å²) in [6.07, 6.45) is 7.18. The molecule has 2 atom stereocenters. The summed E-state index contributed by atoms with van der Waals surface area (Å²) >= 11 is 7.12. The van der Waals surface area contributed by atoms with E-state index < -0.39 is 36.5 Å². The molecule has 0 spiro atoms. The third kappa shape index (κ3) is 6.72. The molecule has 270 valence electrons. The van der Waals surface area contributed by atoms with Crippen LogP contribution in [0.3, 0.4) is 0 Å². The SMILES string of the molecule is O=C(O)CN1C(=O)C(=c2sc(=Cc3ccc4c(c3)C3CCCC3N4c3ccc(C=C(c4ccccc4)c4ccccc4)cc3)c(=O)n2CC(=O)O)SC1=S. The zero-order chi connectivity index (χ0) is 37.5. The molecule has 0 bridgehead atoms. The van der Waals surface area contributed by atoms with E-state index in [2.05, 4.69) is 95.9 Å². The molecular weight excluding hydrogens is 739 g/mol. The van der Waals surface area contributed by atoms with Gasteiger partial charge < -0.3 is 15.1 Å². The number of thioether (sulfide) groups is 1. The summed E-state index contributed by atoms with van der Waals surface area (Å²) in [6, 6.07) is 36.0. The Kier molecular flexibility index (Phi) is 9.65. The van der Waals surface area contributed by atoms with Gasteiger partial charge in [-0.15, -0.1) is 11.3 Å². The van der Waals surface area contributed by atoms with Crippen LogP contribution in [0.15, 0.2) is 108 Å². The van der Waals surface area contributed by atoms with Gasteiger partial charge >= 0.3 is 11.9 Å². The van der Waals surface area contributed by atoms with E-state index in [0.717, 1.165) is 91.0 Å². The molecule has 1 aromatic heterocycles. The molecule has 5 aromatic rings. The maximum absolute atomic E-state index is 13.6. The summed E-state index contributed by atoms with van der Waals surface area (Å²) in [6.45, 7) is -1.28. The first-order valence-electron chi connectivity index (χ1n) is 17.4. The zero-order valence-electron chi connectivity index (χ0n) is 28.8. The Morgan fingerprint density at radius 1 is 0.815 bits per heavy atom. The number of aromatic nitrogens is 1. The van der Waals surface area contributed by atoms with Crippen LogP contribution in [0.2, 0.25) is 0 Å². The number of carboxylic acid groups (broad SMARTS) is 2. The summed E-state index contributed by atoms with van der Waals surface area (Å²) in [7, 11) is 0. The van der Waals surface area contributed by atoms with Crippen LogP contribution in [0.4, 0.5) is 11.4 Å². The van der Waals surface area contributed by atoms with Crippen LogP contribution in [-0.4, -0.2) is 54.4 Å². The fraction of sp³-hybridized carbons (Fsp3) is 0.167.